The van der Waals surface area contributed by atoms with Crippen molar-refractivity contribution >= 4 is 5.97 Å². The maximum Gasteiger partial charge on any atom is 0.305 e. The monoisotopic (exact) mass is 212 g/mol. The molecule has 0 aliphatic rings. The molecule has 0 amide bonds. The van der Waals surface area contributed by atoms with Gasteiger partial charge in [0.15, 0.2) is 0 Å². The highest BCUT2D eigenvalue weighted by molar-refractivity contribution is 5.69. The first kappa shape index (κ1) is 14.2. The number of rotatable bonds is 6. The van der Waals surface area contributed by atoms with Crippen LogP contribution < -0.4 is 0 Å². The van der Waals surface area contributed by atoms with Gasteiger partial charge in [0.2, 0.25) is 0 Å². The van der Waals surface area contributed by atoms with E-state index in [-0.39, 0.29) is 12.1 Å². The molecule has 0 aromatic heterocycles. The van der Waals surface area contributed by atoms with Crippen LogP contribution in [0.1, 0.15) is 53.9 Å². The van der Waals surface area contributed by atoms with Crippen LogP contribution in [-0.2, 0) is 9.53 Å². The summed E-state index contributed by atoms with van der Waals surface area (Å²) in [5.41, 5.74) is 1.35. The lowest BCUT2D eigenvalue weighted by Crippen LogP contribution is -2.21. The minimum atomic E-state index is -0.100. The minimum absolute atomic E-state index is 0.0306. The number of hydrogen-bond donors (Lipinski definition) is 0. The summed E-state index contributed by atoms with van der Waals surface area (Å²) in [7, 11) is 0. The van der Waals surface area contributed by atoms with Gasteiger partial charge in [-0.2, -0.15) is 0 Å². The van der Waals surface area contributed by atoms with Gasteiger partial charge in [0.1, 0.15) is 6.10 Å². The molecule has 0 aromatic carbocycles. The molecule has 0 saturated heterocycles. The average Bonchev–Trinajstić information content (AvgIpc) is 2.16. The summed E-state index contributed by atoms with van der Waals surface area (Å²) in [5.74, 6) is 0.327. The highest BCUT2D eigenvalue weighted by Crippen LogP contribution is 2.15. The molecule has 2 heteroatoms. The standard InChI is InChI=1S/C13H24O2/c1-6-13(14)15-12(5)11(4)9-7-8-10(2)3/h8,11-12H,6-7,9H2,1-5H3. The molecule has 0 fully saturated rings. The Hall–Kier alpha value is -0.790. The summed E-state index contributed by atoms with van der Waals surface area (Å²) in [6.45, 7) is 10.1. The van der Waals surface area contributed by atoms with E-state index in [0.29, 0.717) is 12.3 Å². The van der Waals surface area contributed by atoms with Crippen molar-refractivity contribution in [2.45, 2.75) is 60.0 Å². The zero-order valence-electron chi connectivity index (χ0n) is 10.7. The van der Waals surface area contributed by atoms with E-state index >= 15 is 0 Å². The Morgan fingerprint density at radius 3 is 2.40 bits per heavy atom. The molecule has 2 unspecified atom stereocenters. The highest BCUT2D eigenvalue weighted by atomic mass is 16.5. The topological polar surface area (TPSA) is 26.3 Å². The van der Waals surface area contributed by atoms with Gasteiger partial charge in [-0.1, -0.05) is 25.5 Å². The zero-order valence-corrected chi connectivity index (χ0v) is 10.7. The molecule has 0 saturated carbocycles. The van der Waals surface area contributed by atoms with Crippen molar-refractivity contribution in [3.63, 3.8) is 0 Å². The first-order chi connectivity index (χ1) is 6.97. The Morgan fingerprint density at radius 2 is 1.93 bits per heavy atom. The van der Waals surface area contributed by atoms with Crippen LogP contribution in [0.15, 0.2) is 11.6 Å². The normalized spacial score (nSPS) is 14.2. The second-order valence-electron chi connectivity index (χ2n) is 4.38. The third-order valence-electron chi connectivity index (χ3n) is 2.58. The van der Waals surface area contributed by atoms with Gasteiger partial charge in [-0.25, -0.2) is 0 Å². The number of esters is 1. The largest absolute Gasteiger partial charge is 0.462 e. The van der Waals surface area contributed by atoms with Crippen molar-refractivity contribution < 1.29 is 9.53 Å². The van der Waals surface area contributed by atoms with Crippen LogP contribution >= 0.6 is 0 Å². The Kier molecular flexibility index (Phi) is 7.10. The van der Waals surface area contributed by atoms with Gasteiger partial charge in [0, 0.05) is 6.42 Å². The molecule has 0 spiro atoms. The predicted molar refractivity (Wildman–Crippen MR) is 63.7 cm³/mol. The quantitative estimate of drug-likeness (QED) is 0.495. The highest BCUT2D eigenvalue weighted by Gasteiger charge is 2.14. The molecule has 0 heterocycles. The van der Waals surface area contributed by atoms with Crippen LogP contribution in [0.2, 0.25) is 0 Å². The lowest BCUT2D eigenvalue weighted by atomic mass is 9.99. The molecule has 0 N–H and O–H groups in total. The Morgan fingerprint density at radius 1 is 1.33 bits per heavy atom. The number of carbonyl (C=O) groups excluding carboxylic acids is 1. The van der Waals surface area contributed by atoms with Gasteiger partial charge in [-0.3, -0.25) is 4.79 Å². The van der Waals surface area contributed by atoms with E-state index in [1.54, 1.807) is 0 Å². The Labute approximate surface area is 93.7 Å². The molecule has 0 rings (SSSR count). The van der Waals surface area contributed by atoms with E-state index in [1.165, 1.54) is 5.57 Å². The molecule has 88 valence electrons. The van der Waals surface area contributed by atoms with Crippen molar-refractivity contribution in [3.05, 3.63) is 11.6 Å². The Balaban J connectivity index is 3.83. The second kappa shape index (κ2) is 7.49. The van der Waals surface area contributed by atoms with E-state index in [4.69, 9.17) is 4.74 Å². The smallest absolute Gasteiger partial charge is 0.305 e. The minimum Gasteiger partial charge on any atom is -0.462 e. The van der Waals surface area contributed by atoms with Crippen LogP contribution in [0.4, 0.5) is 0 Å². The number of hydrogen-bond acceptors (Lipinski definition) is 2. The molecule has 0 aliphatic carbocycles. The molecule has 0 aliphatic heterocycles. The van der Waals surface area contributed by atoms with Crippen molar-refractivity contribution in [2.75, 3.05) is 0 Å². The van der Waals surface area contributed by atoms with E-state index < -0.39 is 0 Å². The maximum absolute atomic E-state index is 11.1. The summed E-state index contributed by atoms with van der Waals surface area (Å²) in [4.78, 5) is 11.1. The molecular formula is C13H24O2. The van der Waals surface area contributed by atoms with Crippen LogP contribution in [-0.4, -0.2) is 12.1 Å². The van der Waals surface area contributed by atoms with Gasteiger partial charge < -0.3 is 4.74 Å². The first-order valence-corrected chi connectivity index (χ1v) is 5.80. The van der Waals surface area contributed by atoms with Crippen LogP contribution in [0.5, 0.6) is 0 Å². The summed E-state index contributed by atoms with van der Waals surface area (Å²) >= 11 is 0. The molecule has 2 nitrogen and oxygen atoms in total. The Bertz CT molecular complexity index is 215. The molecule has 0 aromatic rings. The van der Waals surface area contributed by atoms with Crippen molar-refractivity contribution in [2.24, 2.45) is 5.92 Å². The van der Waals surface area contributed by atoms with Gasteiger partial charge in [0.25, 0.3) is 0 Å². The van der Waals surface area contributed by atoms with Gasteiger partial charge in [-0.05, 0) is 39.5 Å². The van der Waals surface area contributed by atoms with Crippen LogP contribution in [0.3, 0.4) is 0 Å². The average molecular weight is 212 g/mol. The molecule has 0 radical (unpaired) electrons. The van der Waals surface area contributed by atoms with E-state index in [2.05, 4.69) is 26.8 Å². The van der Waals surface area contributed by atoms with Crippen LogP contribution in [0.25, 0.3) is 0 Å². The third kappa shape index (κ3) is 7.18. The summed E-state index contributed by atoms with van der Waals surface area (Å²) in [5, 5.41) is 0. The molecule has 2 atom stereocenters. The number of ether oxygens (including phenoxy) is 1. The van der Waals surface area contributed by atoms with E-state index in [9.17, 15) is 4.79 Å². The van der Waals surface area contributed by atoms with Gasteiger partial charge in [0.05, 0.1) is 0 Å². The first-order valence-electron chi connectivity index (χ1n) is 5.80. The number of carbonyl (C=O) groups is 1. The SMILES string of the molecule is CCC(=O)OC(C)C(C)CCC=C(C)C. The van der Waals surface area contributed by atoms with Gasteiger partial charge in [-0.15, -0.1) is 0 Å². The summed E-state index contributed by atoms with van der Waals surface area (Å²) < 4.78 is 5.26. The lowest BCUT2D eigenvalue weighted by Gasteiger charge is -2.19. The number of allylic oxidation sites excluding steroid dienone is 2. The van der Waals surface area contributed by atoms with Gasteiger partial charge >= 0.3 is 5.97 Å². The predicted octanol–water partition coefficient (Wildman–Crippen LogP) is 3.71. The fourth-order valence-electron chi connectivity index (χ4n) is 1.28. The van der Waals surface area contributed by atoms with E-state index in [1.807, 2.05) is 13.8 Å². The lowest BCUT2D eigenvalue weighted by molar-refractivity contribution is -0.150. The fourth-order valence-corrected chi connectivity index (χ4v) is 1.28. The molecule has 15 heavy (non-hydrogen) atoms. The molecule has 0 bridgehead atoms. The zero-order chi connectivity index (χ0) is 11.8. The maximum atomic E-state index is 11.1. The van der Waals surface area contributed by atoms with Crippen molar-refractivity contribution in [1.29, 1.82) is 0 Å². The van der Waals surface area contributed by atoms with Crippen LogP contribution in [0, 0.1) is 5.92 Å². The van der Waals surface area contributed by atoms with Crippen molar-refractivity contribution in [1.82, 2.24) is 0 Å². The molecular weight excluding hydrogens is 188 g/mol. The summed E-state index contributed by atoms with van der Waals surface area (Å²) in [6.07, 6.45) is 4.86. The van der Waals surface area contributed by atoms with E-state index in [0.717, 1.165) is 12.8 Å². The summed E-state index contributed by atoms with van der Waals surface area (Å²) in [6, 6.07) is 0. The van der Waals surface area contributed by atoms with Crippen molar-refractivity contribution in [3.8, 4) is 0 Å². The second-order valence-corrected chi connectivity index (χ2v) is 4.38. The fraction of sp³-hybridized carbons (Fsp3) is 0.769. The third-order valence-corrected chi connectivity index (χ3v) is 2.58.